The van der Waals surface area contributed by atoms with Crippen molar-refractivity contribution in [3.05, 3.63) is 21.9 Å². The lowest BCUT2D eigenvalue weighted by atomic mass is 9.95. The van der Waals surface area contributed by atoms with Gasteiger partial charge in [-0.2, -0.15) is 0 Å². The number of rotatable bonds is 3. The summed E-state index contributed by atoms with van der Waals surface area (Å²) in [4.78, 5) is 2.95. The highest BCUT2D eigenvalue weighted by Crippen LogP contribution is 2.30. The van der Waals surface area contributed by atoms with Gasteiger partial charge in [0, 0.05) is 21.6 Å². The van der Waals surface area contributed by atoms with Crippen molar-refractivity contribution in [2.45, 2.75) is 40.0 Å². The van der Waals surface area contributed by atoms with Crippen molar-refractivity contribution in [3.63, 3.8) is 0 Å². The summed E-state index contributed by atoms with van der Waals surface area (Å²) in [6.07, 6.45) is 1.14. The van der Waals surface area contributed by atoms with Gasteiger partial charge in [0.1, 0.15) is 0 Å². The van der Waals surface area contributed by atoms with E-state index < -0.39 is 0 Å². The molecule has 1 rings (SSSR count). The summed E-state index contributed by atoms with van der Waals surface area (Å²) in [5, 5.41) is 0. The SMILES string of the molecule is CC#CC(C)C(C)c1ccc(CC)s1. The van der Waals surface area contributed by atoms with E-state index in [1.807, 2.05) is 18.3 Å². The van der Waals surface area contributed by atoms with Crippen molar-refractivity contribution in [1.29, 1.82) is 0 Å². The Morgan fingerprint density at radius 3 is 2.57 bits per heavy atom. The van der Waals surface area contributed by atoms with Crippen LogP contribution in [0, 0.1) is 17.8 Å². The molecule has 0 spiro atoms. The van der Waals surface area contributed by atoms with Crippen LogP contribution in [0.3, 0.4) is 0 Å². The lowest BCUT2D eigenvalue weighted by Crippen LogP contribution is -2.01. The molecule has 0 saturated carbocycles. The predicted octanol–water partition coefficient (Wildman–Crippen LogP) is 4.07. The second-order valence-corrected chi connectivity index (χ2v) is 4.83. The number of aryl methyl sites for hydroxylation is 1. The van der Waals surface area contributed by atoms with E-state index in [9.17, 15) is 0 Å². The van der Waals surface area contributed by atoms with Crippen LogP contribution in [0.4, 0.5) is 0 Å². The molecule has 0 bridgehead atoms. The van der Waals surface area contributed by atoms with Crippen molar-refractivity contribution in [1.82, 2.24) is 0 Å². The first-order valence-corrected chi connectivity index (χ1v) is 6.01. The Kier molecular flexibility index (Phi) is 4.22. The molecule has 0 aliphatic heterocycles. The van der Waals surface area contributed by atoms with Crippen LogP contribution in [0.1, 0.15) is 43.4 Å². The zero-order valence-electron chi connectivity index (χ0n) is 9.42. The van der Waals surface area contributed by atoms with Gasteiger partial charge in [-0.05, 0) is 25.5 Å². The van der Waals surface area contributed by atoms with Crippen LogP contribution in [0.2, 0.25) is 0 Å². The van der Waals surface area contributed by atoms with Crippen LogP contribution >= 0.6 is 11.3 Å². The maximum atomic E-state index is 3.23. The van der Waals surface area contributed by atoms with Gasteiger partial charge in [0.05, 0.1) is 0 Å². The quantitative estimate of drug-likeness (QED) is 0.654. The minimum absolute atomic E-state index is 0.461. The zero-order chi connectivity index (χ0) is 10.6. The number of hydrogen-bond acceptors (Lipinski definition) is 1. The van der Waals surface area contributed by atoms with Crippen LogP contribution < -0.4 is 0 Å². The van der Waals surface area contributed by atoms with Crippen molar-refractivity contribution < 1.29 is 0 Å². The molecule has 0 aliphatic rings. The maximum absolute atomic E-state index is 3.23. The molecule has 0 N–H and O–H groups in total. The summed E-state index contributed by atoms with van der Waals surface area (Å²) in [5.41, 5.74) is 0. The van der Waals surface area contributed by atoms with E-state index in [0.717, 1.165) is 6.42 Å². The number of hydrogen-bond donors (Lipinski definition) is 0. The molecule has 0 aromatic carbocycles. The fourth-order valence-corrected chi connectivity index (χ4v) is 2.54. The molecule has 14 heavy (non-hydrogen) atoms. The van der Waals surface area contributed by atoms with Crippen molar-refractivity contribution >= 4 is 11.3 Å². The molecule has 1 aromatic rings. The Labute approximate surface area is 91.4 Å². The molecule has 0 nitrogen and oxygen atoms in total. The van der Waals surface area contributed by atoms with Gasteiger partial charge in [-0.25, -0.2) is 0 Å². The highest BCUT2D eigenvalue weighted by atomic mass is 32.1. The van der Waals surface area contributed by atoms with E-state index in [-0.39, 0.29) is 0 Å². The van der Waals surface area contributed by atoms with E-state index in [4.69, 9.17) is 0 Å². The molecule has 0 radical (unpaired) electrons. The summed E-state index contributed by atoms with van der Waals surface area (Å²) in [7, 11) is 0. The summed E-state index contributed by atoms with van der Waals surface area (Å²) < 4.78 is 0. The summed E-state index contributed by atoms with van der Waals surface area (Å²) >= 11 is 1.93. The summed E-state index contributed by atoms with van der Waals surface area (Å²) in [6.45, 7) is 8.58. The molecule has 1 aromatic heterocycles. The molecule has 2 atom stereocenters. The van der Waals surface area contributed by atoms with Gasteiger partial charge in [-0.1, -0.05) is 26.7 Å². The molecule has 0 fully saturated rings. The van der Waals surface area contributed by atoms with Crippen molar-refractivity contribution in [2.75, 3.05) is 0 Å². The lowest BCUT2D eigenvalue weighted by molar-refractivity contribution is 0.619. The van der Waals surface area contributed by atoms with Crippen molar-refractivity contribution in [3.8, 4) is 11.8 Å². The Hall–Kier alpha value is -0.740. The fourth-order valence-electron chi connectivity index (χ4n) is 1.43. The Balaban J connectivity index is 2.76. The first-order valence-electron chi connectivity index (χ1n) is 5.19. The highest BCUT2D eigenvalue weighted by Gasteiger charge is 2.13. The minimum Gasteiger partial charge on any atom is -0.145 e. The van der Waals surface area contributed by atoms with Gasteiger partial charge in [0.15, 0.2) is 0 Å². The van der Waals surface area contributed by atoms with Gasteiger partial charge in [0.25, 0.3) is 0 Å². The van der Waals surface area contributed by atoms with E-state index in [0.29, 0.717) is 11.8 Å². The van der Waals surface area contributed by atoms with Crippen LogP contribution in [0.5, 0.6) is 0 Å². The second-order valence-electron chi connectivity index (χ2n) is 3.63. The monoisotopic (exact) mass is 206 g/mol. The van der Waals surface area contributed by atoms with Gasteiger partial charge in [-0.15, -0.1) is 17.3 Å². The fraction of sp³-hybridized carbons (Fsp3) is 0.538. The van der Waals surface area contributed by atoms with Crippen LogP contribution in [-0.2, 0) is 6.42 Å². The topological polar surface area (TPSA) is 0 Å². The Bertz CT molecular complexity index is 338. The van der Waals surface area contributed by atoms with E-state index in [2.05, 4.69) is 44.7 Å². The smallest absolute Gasteiger partial charge is 0.0248 e. The van der Waals surface area contributed by atoms with Crippen LogP contribution in [0.25, 0.3) is 0 Å². The van der Waals surface area contributed by atoms with Gasteiger partial charge in [-0.3, -0.25) is 0 Å². The molecule has 0 saturated heterocycles. The zero-order valence-corrected chi connectivity index (χ0v) is 10.2. The third-order valence-electron chi connectivity index (χ3n) is 2.60. The summed E-state index contributed by atoms with van der Waals surface area (Å²) in [6, 6.07) is 4.49. The molecule has 76 valence electrons. The van der Waals surface area contributed by atoms with Gasteiger partial charge >= 0.3 is 0 Å². The molecule has 0 aliphatic carbocycles. The second kappa shape index (κ2) is 5.22. The molecule has 1 heterocycles. The van der Waals surface area contributed by atoms with Crippen LogP contribution in [0.15, 0.2) is 12.1 Å². The van der Waals surface area contributed by atoms with E-state index in [1.165, 1.54) is 9.75 Å². The lowest BCUT2D eigenvalue weighted by Gasteiger charge is -2.12. The van der Waals surface area contributed by atoms with E-state index >= 15 is 0 Å². The molecule has 0 amide bonds. The average Bonchev–Trinajstić information content (AvgIpc) is 2.65. The first kappa shape index (κ1) is 11.3. The minimum atomic E-state index is 0.461. The highest BCUT2D eigenvalue weighted by molar-refractivity contribution is 7.12. The molecule has 2 unspecified atom stereocenters. The Morgan fingerprint density at radius 1 is 1.36 bits per heavy atom. The van der Waals surface area contributed by atoms with Gasteiger partial charge < -0.3 is 0 Å². The average molecular weight is 206 g/mol. The third kappa shape index (κ3) is 2.62. The third-order valence-corrected chi connectivity index (χ3v) is 4.03. The molecule has 1 heteroatoms. The first-order chi connectivity index (χ1) is 6.69. The molecular weight excluding hydrogens is 188 g/mol. The standard InChI is InChI=1S/C13H18S/c1-5-7-10(3)11(4)13-9-8-12(6-2)14-13/h8-11H,6H2,1-4H3. The Morgan fingerprint density at radius 2 is 2.07 bits per heavy atom. The maximum Gasteiger partial charge on any atom is 0.0248 e. The predicted molar refractivity (Wildman–Crippen MR) is 64.7 cm³/mol. The summed E-state index contributed by atoms with van der Waals surface area (Å²) in [5.74, 6) is 7.25. The van der Waals surface area contributed by atoms with E-state index in [1.54, 1.807) is 0 Å². The largest absolute Gasteiger partial charge is 0.145 e. The van der Waals surface area contributed by atoms with Crippen molar-refractivity contribution in [2.24, 2.45) is 5.92 Å². The molecular formula is C13H18S. The van der Waals surface area contributed by atoms with Crippen LogP contribution in [-0.4, -0.2) is 0 Å². The normalized spacial score (nSPS) is 14.3. The van der Waals surface area contributed by atoms with Gasteiger partial charge in [0.2, 0.25) is 0 Å². The number of thiophene rings is 1.